The summed E-state index contributed by atoms with van der Waals surface area (Å²) in [5, 5.41) is 6.71. The van der Waals surface area contributed by atoms with Crippen LogP contribution in [0.15, 0.2) is 66.9 Å². The molecule has 0 atom stereocenters. The molecule has 1 aliphatic rings. The fraction of sp³-hybridized carbons (Fsp3) is 0.308. The lowest BCUT2D eigenvalue weighted by Crippen LogP contribution is -2.34. The molecule has 1 aromatic heterocycles. The molecule has 0 radical (unpaired) electrons. The normalized spacial score (nSPS) is 14.8. The molecule has 190 valence electrons. The van der Waals surface area contributed by atoms with Gasteiger partial charge in [-0.15, -0.1) is 0 Å². The van der Waals surface area contributed by atoms with Crippen molar-refractivity contribution in [2.24, 2.45) is 5.73 Å². The summed E-state index contributed by atoms with van der Waals surface area (Å²) in [7, 11) is -3.17. The summed E-state index contributed by atoms with van der Waals surface area (Å²) in [6, 6.07) is 19.9. The Bertz CT molecular complexity index is 1280. The molecule has 10 heteroatoms. The molecule has 1 amide bonds. The number of amides is 1. The van der Waals surface area contributed by atoms with E-state index in [1.165, 1.54) is 6.26 Å². The first-order valence-corrected chi connectivity index (χ1v) is 13.7. The van der Waals surface area contributed by atoms with E-state index in [9.17, 15) is 13.2 Å². The first-order chi connectivity index (χ1) is 17.3. The van der Waals surface area contributed by atoms with E-state index in [0.717, 1.165) is 41.2 Å². The molecular formula is C26H32N6O3S. The molecular weight excluding hydrogens is 476 g/mol. The molecule has 0 bridgehead atoms. The van der Waals surface area contributed by atoms with Crippen LogP contribution >= 0.6 is 0 Å². The fourth-order valence-electron chi connectivity index (χ4n) is 4.23. The molecule has 0 spiro atoms. The molecule has 1 saturated heterocycles. The number of hydrogen-bond donors (Lipinski definition) is 3. The van der Waals surface area contributed by atoms with Gasteiger partial charge in [0.2, 0.25) is 15.9 Å². The summed E-state index contributed by atoms with van der Waals surface area (Å²) in [6.45, 7) is 3.10. The van der Waals surface area contributed by atoms with Crippen LogP contribution in [0.3, 0.4) is 0 Å². The van der Waals surface area contributed by atoms with Crippen molar-refractivity contribution in [1.29, 1.82) is 0 Å². The van der Waals surface area contributed by atoms with E-state index in [2.05, 4.69) is 20.5 Å². The highest BCUT2D eigenvalue weighted by Crippen LogP contribution is 2.25. The highest BCUT2D eigenvalue weighted by atomic mass is 32.2. The number of benzene rings is 2. The van der Waals surface area contributed by atoms with Gasteiger partial charge in [0.25, 0.3) is 0 Å². The largest absolute Gasteiger partial charge is 0.381 e. The van der Waals surface area contributed by atoms with E-state index >= 15 is 0 Å². The summed E-state index contributed by atoms with van der Waals surface area (Å²) < 4.78 is 25.3. The number of nitrogens with two attached hydrogens (primary N) is 1. The lowest BCUT2D eigenvalue weighted by molar-refractivity contribution is -0.117. The number of carbonyl (C=O) groups excluding carboxylic acids is 1. The van der Waals surface area contributed by atoms with Gasteiger partial charge in [0, 0.05) is 67.6 Å². The van der Waals surface area contributed by atoms with Gasteiger partial charge in [0.15, 0.2) is 0 Å². The molecule has 2 heterocycles. The minimum Gasteiger partial charge on any atom is -0.381 e. The molecule has 1 fully saturated rings. The number of nitrogens with one attached hydrogen (secondary N) is 2. The summed E-state index contributed by atoms with van der Waals surface area (Å²) in [5.41, 5.74) is 10.0. The third-order valence-corrected chi connectivity index (χ3v) is 7.41. The second kappa shape index (κ2) is 11.4. The van der Waals surface area contributed by atoms with Crippen LogP contribution < -0.4 is 21.3 Å². The third kappa shape index (κ3) is 6.96. The second-order valence-electron chi connectivity index (χ2n) is 8.88. The maximum atomic E-state index is 11.9. The number of rotatable bonds is 9. The Kier molecular flexibility index (Phi) is 8.07. The van der Waals surface area contributed by atoms with Crippen LogP contribution in [0.1, 0.15) is 17.5 Å². The maximum absolute atomic E-state index is 11.9. The summed E-state index contributed by atoms with van der Waals surface area (Å²) in [6.07, 6.45) is 3.82. The van der Waals surface area contributed by atoms with E-state index in [-0.39, 0.29) is 6.42 Å². The van der Waals surface area contributed by atoms with Crippen molar-refractivity contribution in [3.8, 4) is 0 Å². The van der Waals surface area contributed by atoms with Crippen LogP contribution in [0.4, 0.5) is 22.9 Å². The van der Waals surface area contributed by atoms with Gasteiger partial charge in [-0.3, -0.25) is 4.79 Å². The van der Waals surface area contributed by atoms with Crippen LogP contribution in [-0.4, -0.2) is 56.0 Å². The Balaban J connectivity index is 1.44. The van der Waals surface area contributed by atoms with Gasteiger partial charge in [0.1, 0.15) is 5.82 Å². The SMILES string of the molecule is CS(=O)(=O)N1CCCN(c2ccc(Nc3cc(NCc4ccccc4)c(CC(N)=O)cn3)cc2)CC1. The van der Waals surface area contributed by atoms with Gasteiger partial charge in [-0.25, -0.2) is 17.7 Å². The Morgan fingerprint density at radius 3 is 2.47 bits per heavy atom. The smallest absolute Gasteiger partial charge is 0.221 e. The standard InChI is InChI=1S/C26H32N6O3S/c1-36(34,35)32-13-5-12-31(14-15-32)23-10-8-22(9-11-23)30-26-17-24(21(19-29-26)16-25(27)33)28-18-20-6-3-2-4-7-20/h2-4,6-11,17,19H,5,12-16,18H2,1H3,(H2,27,33)(H2,28,29,30). The number of nitrogens with zero attached hydrogens (tertiary/aromatic N) is 3. The zero-order valence-electron chi connectivity index (χ0n) is 20.4. The topological polar surface area (TPSA) is 121 Å². The van der Waals surface area contributed by atoms with E-state index in [4.69, 9.17) is 5.73 Å². The molecule has 9 nitrogen and oxygen atoms in total. The van der Waals surface area contributed by atoms with Crippen LogP contribution in [0.25, 0.3) is 0 Å². The molecule has 36 heavy (non-hydrogen) atoms. The number of anilines is 4. The van der Waals surface area contributed by atoms with Crippen LogP contribution in [0.5, 0.6) is 0 Å². The molecule has 3 aromatic rings. The van der Waals surface area contributed by atoms with Crippen molar-refractivity contribution < 1.29 is 13.2 Å². The molecule has 0 unspecified atom stereocenters. The van der Waals surface area contributed by atoms with Crippen LogP contribution in [-0.2, 0) is 27.8 Å². The van der Waals surface area contributed by atoms with Crippen molar-refractivity contribution in [2.45, 2.75) is 19.4 Å². The van der Waals surface area contributed by atoms with E-state index < -0.39 is 15.9 Å². The number of aromatic nitrogens is 1. The van der Waals surface area contributed by atoms with E-state index in [1.54, 1.807) is 10.5 Å². The van der Waals surface area contributed by atoms with Gasteiger partial charge in [0.05, 0.1) is 12.7 Å². The van der Waals surface area contributed by atoms with Crippen LogP contribution in [0.2, 0.25) is 0 Å². The predicted molar refractivity (Wildman–Crippen MR) is 144 cm³/mol. The van der Waals surface area contributed by atoms with Crippen molar-refractivity contribution in [3.63, 3.8) is 0 Å². The Morgan fingerprint density at radius 2 is 1.78 bits per heavy atom. The van der Waals surface area contributed by atoms with Gasteiger partial charge >= 0.3 is 0 Å². The van der Waals surface area contributed by atoms with Crippen LogP contribution in [0, 0.1) is 0 Å². The minimum absolute atomic E-state index is 0.103. The molecule has 1 aliphatic heterocycles. The average Bonchev–Trinajstić information content (AvgIpc) is 3.12. The van der Waals surface area contributed by atoms with Crippen molar-refractivity contribution in [3.05, 3.63) is 78.0 Å². The number of sulfonamides is 1. The summed E-state index contributed by atoms with van der Waals surface area (Å²) in [5.74, 6) is 0.231. The zero-order chi connectivity index (χ0) is 25.5. The molecule has 0 saturated carbocycles. The quantitative estimate of drug-likeness (QED) is 0.406. The minimum atomic E-state index is -3.17. The maximum Gasteiger partial charge on any atom is 0.221 e. The Morgan fingerprint density at radius 1 is 1.03 bits per heavy atom. The van der Waals surface area contributed by atoms with Gasteiger partial charge in [-0.2, -0.15) is 0 Å². The lowest BCUT2D eigenvalue weighted by Gasteiger charge is -2.23. The Hall–Kier alpha value is -3.63. The van der Waals surface area contributed by atoms with Crippen molar-refractivity contribution in [2.75, 3.05) is 48.0 Å². The predicted octanol–water partition coefficient (Wildman–Crippen LogP) is 2.94. The highest BCUT2D eigenvalue weighted by molar-refractivity contribution is 7.88. The Labute approximate surface area is 212 Å². The second-order valence-corrected chi connectivity index (χ2v) is 10.9. The average molecular weight is 509 g/mol. The molecule has 4 rings (SSSR count). The van der Waals surface area contributed by atoms with E-state index in [0.29, 0.717) is 32.0 Å². The van der Waals surface area contributed by atoms with Crippen molar-refractivity contribution >= 4 is 38.8 Å². The first-order valence-electron chi connectivity index (χ1n) is 11.9. The molecule has 2 aromatic carbocycles. The molecule has 4 N–H and O–H groups in total. The van der Waals surface area contributed by atoms with E-state index in [1.807, 2.05) is 60.7 Å². The molecule has 0 aliphatic carbocycles. The number of carbonyl (C=O) groups is 1. The highest BCUT2D eigenvalue weighted by Gasteiger charge is 2.21. The summed E-state index contributed by atoms with van der Waals surface area (Å²) >= 11 is 0. The third-order valence-electron chi connectivity index (χ3n) is 6.11. The summed E-state index contributed by atoms with van der Waals surface area (Å²) in [4.78, 5) is 18.2. The lowest BCUT2D eigenvalue weighted by atomic mass is 10.1. The number of hydrogen-bond acceptors (Lipinski definition) is 7. The van der Waals surface area contributed by atoms with Gasteiger partial charge in [-0.1, -0.05) is 30.3 Å². The number of pyridine rings is 1. The number of primary amides is 1. The zero-order valence-corrected chi connectivity index (χ0v) is 21.2. The first kappa shape index (κ1) is 25.5. The van der Waals surface area contributed by atoms with Gasteiger partial charge < -0.3 is 21.3 Å². The van der Waals surface area contributed by atoms with Gasteiger partial charge in [-0.05, 0) is 36.2 Å². The van der Waals surface area contributed by atoms with Crippen molar-refractivity contribution in [1.82, 2.24) is 9.29 Å². The fourth-order valence-corrected chi connectivity index (χ4v) is 5.10. The monoisotopic (exact) mass is 508 g/mol.